The number of para-hydroxylation sites is 1. The second-order valence-corrected chi connectivity index (χ2v) is 2.28. The Bertz CT molecular complexity index is 356. The van der Waals surface area contributed by atoms with Gasteiger partial charge >= 0.3 is 12.0 Å². The minimum Gasteiger partial charge on any atom is -0.421 e. The quantitative estimate of drug-likeness (QED) is 0.418. The normalized spacial score (nSPS) is 9.36. The summed E-state index contributed by atoms with van der Waals surface area (Å²) < 4.78 is 39.7. The molecule has 0 saturated carbocycles. The average molecular weight is 202 g/mol. The van der Waals surface area contributed by atoms with Crippen LogP contribution in [-0.2, 0) is 4.79 Å². The SMILES string of the molecule is O=C(Oc1ccccc1)C(F)=C(F)F. The van der Waals surface area contributed by atoms with E-state index in [1.54, 1.807) is 6.07 Å². The van der Waals surface area contributed by atoms with E-state index in [1.807, 2.05) is 0 Å². The van der Waals surface area contributed by atoms with Gasteiger partial charge in [-0.2, -0.15) is 13.2 Å². The first-order valence-corrected chi connectivity index (χ1v) is 3.59. The van der Waals surface area contributed by atoms with E-state index in [2.05, 4.69) is 4.74 Å². The van der Waals surface area contributed by atoms with Crippen LogP contribution >= 0.6 is 0 Å². The van der Waals surface area contributed by atoms with Gasteiger partial charge in [-0.3, -0.25) is 0 Å². The molecule has 0 fully saturated rings. The van der Waals surface area contributed by atoms with Crippen LogP contribution in [0.25, 0.3) is 0 Å². The Kier molecular flexibility index (Phi) is 3.28. The van der Waals surface area contributed by atoms with E-state index in [1.165, 1.54) is 24.3 Å². The zero-order valence-corrected chi connectivity index (χ0v) is 6.84. The molecule has 0 atom stereocenters. The van der Waals surface area contributed by atoms with Crippen molar-refractivity contribution < 1.29 is 22.7 Å². The Balaban J connectivity index is 2.72. The highest BCUT2D eigenvalue weighted by Gasteiger charge is 2.17. The number of halogens is 3. The summed E-state index contributed by atoms with van der Waals surface area (Å²) in [4.78, 5) is 10.6. The molecule has 0 aromatic heterocycles. The van der Waals surface area contributed by atoms with Gasteiger partial charge in [-0.25, -0.2) is 4.79 Å². The highest BCUT2D eigenvalue weighted by atomic mass is 19.3. The van der Waals surface area contributed by atoms with Crippen molar-refractivity contribution in [2.75, 3.05) is 0 Å². The predicted octanol–water partition coefficient (Wildman–Crippen LogP) is 2.67. The second kappa shape index (κ2) is 4.45. The molecule has 1 aromatic carbocycles. The molecular formula is C9H5F3O2. The van der Waals surface area contributed by atoms with E-state index in [0.29, 0.717) is 0 Å². The number of ether oxygens (including phenoxy) is 1. The van der Waals surface area contributed by atoms with Gasteiger partial charge in [-0.1, -0.05) is 18.2 Å². The molecule has 0 unspecified atom stereocenters. The van der Waals surface area contributed by atoms with Crippen LogP contribution in [0.4, 0.5) is 13.2 Å². The predicted molar refractivity (Wildman–Crippen MR) is 42.4 cm³/mol. The molecule has 1 rings (SSSR count). The topological polar surface area (TPSA) is 26.3 Å². The summed E-state index contributed by atoms with van der Waals surface area (Å²) in [6.45, 7) is 0. The first-order valence-electron chi connectivity index (χ1n) is 3.59. The van der Waals surface area contributed by atoms with Crippen molar-refractivity contribution in [3.63, 3.8) is 0 Å². The molecule has 0 N–H and O–H groups in total. The first-order chi connectivity index (χ1) is 6.61. The smallest absolute Gasteiger partial charge is 0.378 e. The zero-order chi connectivity index (χ0) is 10.6. The summed E-state index contributed by atoms with van der Waals surface area (Å²) in [6.07, 6.45) is -2.69. The van der Waals surface area contributed by atoms with E-state index >= 15 is 0 Å². The fourth-order valence-corrected chi connectivity index (χ4v) is 0.718. The number of benzene rings is 1. The van der Waals surface area contributed by atoms with Gasteiger partial charge in [0.2, 0.25) is 0 Å². The van der Waals surface area contributed by atoms with Crippen molar-refractivity contribution in [3.05, 3.63) is 42.2 Å². The maximum Gasteiger partial charge on any atom is 0.378 e. The van der Waals surface area contributed by atoms with Crippen molar-refractivity contribution >= 4 is 5.97 Å². The Morgan fingerprint density at radius 1 is 1.07 bits per heavy atom. The van der Waals surface area contributed by atoms with Crippen LogP contribution in [0.15, 0.2) is 42.2 Å². The highest BCUT2D eigenvalue weighted by Crippen LogP contribution is 2.14. The van der Waals surface area contributed by atoms with Gasteiger partial charge in [-0.05, 0) is 12.1 Å². The third kappa shape index (κ3) is 2.62. The maximum atomic E-state index is 12.3. The summed E-state index contributed by atoms with van der Waals surface area (Å²) in [5.74, 6) is -3.86. The largest absolute Gasteiger partial charge is 0.421 e. The van der Waals surface area contributed by atoms with Crippen LogP contribution in [0.1, 0.15) is 0 Å². The molecule has 74 valence electrons. The highest BCUT2D eigenvalue weighted by molar-refractivity contribution is 5.87. The monoisotopic (exact) mass is 202 g/mol. The molecule has 0 bridgehead atoms. The van der Waals surface area contributed by atoms with E-state index < -0.39 is 17.9 Å². The van der Waals surface area contributed by atoms with Crippen molar-refractivity contribution in [2.45, 2.75) is 0 Å². The van der Waals surface area contributed by atoms with Crippen LogP contribution in [0, 0.1) is 0 Å². The lowest BCUT2D eigenvalue weighted by atomic mass is 10.3. The van der Waals surface area contributed by atoms with E-state index in [-0.39, 0.29) is 5.75 Å². The Morgan fingerprint density at radius 3 is 2.14 bits per heavy atom. The summed E-state index contributed by atoms with van der Waals surface area (Å²) in [5, 5.41) is 0. The van der Waals surface area contributed by atoms with Gasteiger partial charge < -0.3 is 4.74 Å². The fraction of sp³-hybridized carbons (Fsp3) is 0. The molecule has 0 aliphatic heterocycles. The average Bonchev–Trinajstić information content (AvgIpc) is 2.18. The van der Waals surface area contributed by atoms with Gasteiger partial charge in [-0.15, -0.1) is 0 Å². The number of carbonyl (C=O) groups is 1. The van der Waals surface area contributed by atoms with Crippen LogP contribution in [0.3, 0.4) is 0 Å². The minimum atomic E-state index is -2.69. The van der Waals surface area contributed by atoms with Crippen molar-refractivity contribution in [2.24, 2.45) is 0 Å². The lowest BCUT2D eigenvalue weighted by Gasteiger charge is -2.00. The molecule has 0 aliphatic carbocycles. The molecule has 0 heterocycles. The van der Waals surface area contributed by atoms with Gasteiger partial charge in [0.05, 0.1) is 0 Å². The van der Waals surface area contributed by atoms with E-state index in [4.69, 9.17) is 0 Å². The lowest BCUT2D eigenvalue weighted by molar-refractivity contribution is -0.132. The van der Waals surface area contributed by atoms with Crippen LogP contribution in [0.2, 0.25) is 0 Å². The van der Waals surface area contributed by atoms with Crippen molar-refractivity contribution in [1.82, 2.24) is 0 Å². The van der Waals surface area contributed by atoms with Gasteiger partial charge in [0.25, 0.3) is 5.83 Å². The zero-order valence-electron chi connectivity index (χ0n) is 6.84. The van der Waals surface area contributed by atoms with Crippen LogP contribution in [-0.4, -0.2) is 5.97 Å². The number of esters is 1. The molecule has 1 aromatic rings. The van der Waals surface area contributed by atoms with Crippen molar-refractivity contribution in [1.29, 1.82) is 0 Å². The van der Waals surface area contributed by atoms with E-state index in [0.717, 1.165) is 0 Å². The first kappa shape index (κ1) is 10.3. The fourth-order valence-electron chi connectivity index (χ4n) is 0.718. The third-order valence-electron chi connectivity index (χ3n) is 1.30. The molecule has 0 aliphatic rings. The Hall–Kier alpha value is -1.78. The second-order valence-electron chi connectivity index (χ2n) is 2.28. The number of rotatable bonds is 2. The number of hydrogen-bond donors (Lipinski definition) is 0. The van der Waals surface area contributed by atoms with Gasteiger partial charge in [0.1, 0.15) is 5.75 Å². The summed E-state index contributed by atoms with van der Waals surface area (Å²) >= 11 is 0. The standard InChI is InChI=1S/C9H5F3O2/c10-7(8(11)12)9(13)14-6-4-2-1-3-5-6/h1-5H. The molecule has 5 heteroatoms. The molecule has 0 radical (unpaired) electrons. The lowest BCUT2D eigenvalue weighted by Crippen LogP contribution is -2.08. The molecule has 14 heavy (non-hydrogen) atoms. The van der Waals surface area contributed by atoms with Crippen LogP contribution < -0.4 is 4.74 Å². The minimum absolute atomic E-state index is 0.00824. The summed E-state index contributed by atoms with van der Waals surface area (Å²) in [7, 11) is 0. The molecule has 0 amide bonds. The maximum absolute atomic E-state index is 12.3. The molecule has 0 spiro atoms. The molecule has 0 saturated heterocycles. The Morgan fingerprint density at radius 2 is 1.64 bits per heavy atom. The molecule has 2 nitrogen and oxygen atoms in total. The van der Waals surface area contributed by atoms with Gasteiger partial charge in [0, 0.05) is 0 Å². The van der Waals surface area contributed by atoms with Crippen LogP contribution in [0.5, 0.6) is 5.75 Å². The Labute approximate surface area is 77.6 Å². The summed E-state index contributed by atoms with van der Waals surface area (Å²) in [6, 6.07) is 7.38. The van der Waals surface area contributed by atoms with Gasteiger partial charge in [0.15, 0.2) is 0 Å². The third-order valence-corrected chi connectivity index (χ3v) is 1.30. The van der Waals surface area contributed by atoms with E-state index in [9.17, 15) is 18.0 Å². The summed E-state index contributed by atoms with van der Waals surface area (Å²) in [5.41, 5.74) is 0. The van der Waals surface area contributed by atoms with Crippen molar-refractivity contribution in [3.8, 4) is 5.75 Å². The number of hydrogen-bond acceptors (Lipinski definition) is 2. The molecular weight excluding hydrogens is 197 g/mol. The number of carbonyl (C=O) groups excluding carboxylic acids is 1.